The van der Waals surface area contributed by atoms with Gasteiger partial charge in [0.1, 0.15) is 0 Å². The van der Waals surface area contributed by atoms with E-state index < -0.39 is 0 Å². The first-order valence-electron chi connectivity index (χ1n) is 8.57. The minimum atomic E-state index is -0.00189. The summed E-state index contributed by atoms with van der Waals surface area (Å²) in [7, 11) is 0. The van der Waals surface area contributed by atoms with E-state index in [0.29, 0.717) is 25.2 Å². The van der Waals surface area contributed by atoms with Gasteiger partial charge in [0, 0.05) is 42.2 Å². The van der Waals surface area contributed by atoms with E-state index in [0.717, 1.165) is 36.8 Å². The van der Waals surface area contributed by atoms with Crippen LogP contribution in [0.25, 0.3) is 0 Å². The Hall–Kier alpha value is -1.40. The number of amides is 2. The highest BCUT2D eigenvalue weighted by Crippen LogP contribution is 2.21. The van der Waals surface area contributed by atoms with Crippen LogP contribution in [0.1, 0.15) is 36.0 Å². The standard InChI is InChI=1S/C18H23BrN2O3/c19-15-4-1-3-14(11-15)18(23)21-8-6-13(7-9-21)17(22)20-12-16-5-2-10-24-16/h1,3-4,11,13,16H,2,5-10,12H2,(H,20,22). The molecule has 1 aromatic rings. The van der Waals surface area contributed by atoms with Gasteiger partial charge in [-0.3, -0.25) is 9.59 Å². The third-order valence-electron chi connectivity index (χ3n) is 4.75. The van der Waals surface area contributed by atoms with Gasteiger partial charge in [0.2, 0.25) is 5.91 Å². The lowest BCUT2D eigenvalue weighted by Gasteiger charge is -2.31. The number of halogens is 1. The predicted molar refractivity (Wildman–Crippen MR) is 94.8 cm³/mol. The van der Waals surface area contributed by atoms with Crippen molar-refractivity contribution in [3.63, 3.8) is 0 Å². The molecule has 24 heavy (non-hydrogen) atoms. The lowest BCUT2D eigenvalue weighted by atomic mass is 9.95. The van der Waals surface area contributed by atoms with E-state index >= 15 is 0 Å². The molecule has 1 N–H and O–H groups in total. The van der Waals surface area contributed by atoms with Gasteiger partial charge in [-0.05, 0) is 43.9 Å². The highest BCUT2D eigenvalue weighted by Gasteiger charge is 2.28. The second-order valence-electron chi connectivity index (χ2n) is 6.46. The first kappa shape index (κ1) is 17.4. The quantitative estimate of drug-likeness (QED) is 0.853. The summed E-state index contributed by atoms with van der Waals surface area (Å²) in [5, 5.41) is 3.00. The molecule has 0 radical (unpaired) electrons. The van der Waals surface area contributed by atoms with Crippen LogP contribution in [0.15, 0.2) is 28.7 Å². The van der Waals surface area contributed by atoms with Crippen molar-refractivity contribution in [1.29, 1.82) is 0 Å². The first-order chi connectivity index (χ1) is 11.6. The Morgan fingerprint density at radius 3 is 2.71 bits per heavy atom. The molecular formula is C18H23BrN2O3. The van der Waals surface area contributed by atoms with Crippen molar-refractivity contribution in [1.82, 2.24) is 10.2 Å². The molecule has 3 rings (SSSR count). The number of carbonyl (C=O) groups excluding carboxylic acids is 2. The van der Waals surface area contributed by atoms with E-state index in [1.807, 2.05) is 29.2 Å². The fraction of sp³-hybridized carbons (Fsp3) is 0.556. The summed E-state index contributed by atoms with van der Waals surface area (Å²) in [6.45, 7) is 2.67. The molecule has 5 nitrogen and oxygen atoms in total. The summed E-state index contributed by atoms with van der Waals surface area (Å²) in [5.41, 5.74) is 0.686. The monoisotopic (exact) mass is 394 g/mol. The molecular weight excluding hydrogens is 372 g/mol. The number of likely N-dealkylation sites (tertiary alicyclic amines) is 1. The molecule has 1 atom stereocenters. The van der Waals surface area contributed by atoms with Crippen LogP contribution in [0.4, 0.5) is 0 Å². The molecule has 2 saturated heterocycles. The van der Waals surface area contributed by atoms with E-state index in [2.05, 4.69) is 21.2 Å². The topological polar surface area (TPSA) is 58.6 Å². The number of hydrogen-bond acceptors (Lipinski definition) is 3. The molecule has 0 spiro atoms. The minimum Gasteiger partial charge on any atom is -0.376 e. The van der Waals surface area contributed by atoms with Gasteiger partial charge < -0.3 is 15.0 Å². The van der Waals surface area contributed by atoms with Gasteiger partial charge in [0.15, 0.2) is 0 Å². The Morgan fingerprint density at radius 1 is 1.25 bits per heavy atom. The number of rotatable bonds is 4. The summed E-state index contributed by atoms with van der Waals surface area (Å²) in [6, 6.07) is 7.43. The highest BCUT2D eigenvalue weighted by molar-refractivity contribution is 9.10. The Labute approximate surface area is 150 Å². The fourth-order valence-corrected chi connectivity index (χ4v) is 3.71. The lowest BCUT2D eigenvalue weighted by Crippen LogP contribution is -2.44. The average molecular weight is 395 g/mol. The molecule has 6 heteroatoms. The molecule has 0 aliphatic carbocycles. The Bertz CT molecular complexity index is 594. The van der Waals surface area contributed by atoms with Crippen molar-refractivity contribution in [2.75, 3.05) is 26.2 Å². The number of piperidine rings is 1. The van der Waals surface area contributed by atoms with Crippen molar-refractivity contribution in [2.24, 2.45) is 5.92 Å². The highest BCUT2D eigenvalue weighted by atomic mass is 79.9. The molecule has 2 aliphatic rings. The Balaban J connectivity index is 1.46. The third kappa shape index (κ3) is 4.36. The maximum absolute atomic E-state index is 12.5. The van der Waals surface area contributed by atoms with Gasteiger partial charge in [-0.25, -0.2) is 0 Å². The second-order valence-corrected chi connectivity index (χ2v) is 7.37. The number of nitrogens with one attached hydrogen (secondary N) is 1. The van der Waals surface area contributed by atoms with E-state index in [-0.39, 0.29) is 23.8 Å². The Kier molecular flexibility index (Phi) is 5.89. The van der Waals surface area contributed by atoms with E-state index in [1.54, 1.807) is 0 Å². The fourth-order valence-electron chi connectivity index (χ4n) is 3.31. The van der Waals surface area contributed by atoms with Crippen molar-refractivity contribution in [2.45, 2.75) is 31.8 Å². The molecule has 2 heterocycles. The zero-order chi connectivity index (χ0) is 16.9. The number of ether oxygens (including phenoxy) is 1. The largest absolute Gasteiger partial charge is 0.376 e. The summed E-state index contributed by atoms with van der Waals surface area (Å²) in [5.74, 6) is 0.132. The normalized spacial score (nSPS) is 21.7. The average Bonchev–Trinajstić information content (AvgIpc) is 3.13. The van der Waals surface area contributed by atoms with Crippen LogP contribution < -0.4 is 5.32 Å². The number of nitrogens with zero attached hydrogens (tertiary/aromatic N) is 1. The van der Waals surface area contributed by atoms with Gasteiger partial charge in [-0.15, -0.1) is 0 Å². The van der Waals surface area contributed by atoms with Crippen LogP contribution in [-0.4, -0.2) is 49.1 Å². The van der Waals surface area contributed by atoms with Crippen LogP contribution in [0, 0.1) is 5.92 Å². The SMILES string of the molecule is O=C(NCC1CCCO1)C1CCN(C(=O)c2cccc(Br)c2)CC1. The number of carbonyl (C=O) groups is 2. The van der Waals surface area contributed by atoms with Crippen LogP contribution in [-0.2, 0) is 9.53 Å². The van der Waals surface area contributed by atoms with Crippen molar-refractivity contribution < 1.29 is 14.3 Å². The maximum atomic E-state index is 12.5. The molecule has 2 fully saturated rings. The van der Waals surface area contributed by atoms with Crippen LogP contribution in [0.3, 0.4) is 0 Å². The van der Waals surface area contributed by atoms with Crippen LogP contribution in [0.2, 0.25) is 0 Å². The maximum Gasteiger partial charge on any atom is 0.253 e. The lowest BCUT2D eigenvalue weighted by molar-refractivity contribution is -0.126. The van der Waals surface area contributed by atoms with Gasteiger partial charge >= 0.3 is 0 Å². The molecule has 130 valence electrons. The van der Waals surface area contributed by atoms with Gasteiger partial charge in [-0.2, -0.15) is 0 Å². The van der Waals surface area contributed by atoms with E-state index in [1.165, 1.54) is 0 Å². The number of benzene rings is 1. The van der Waals surface area contributed by atoms with Gasteiger partial charge in [0.25, 0.3) is 5.91 Å². The second kappa shape index (κ2) is 8.12. The molecule has 1 unspecified atom stereocenters. The van der Waals surface area contributed by atoms with Crippen molar-refractivity contribution in [3.8, 4) is 0 Å². The smallest absolute Gasteiger partial charge is 0.253 e. The predicted octanol–water partition coefficient (Wildman–Crippen LogP) is 2.60. The molecule has 0 bridgehead atoms. The van der Waals surface area contributed by atoms with Crippen LogP contribution in [0.5, 0.6) is 0 Å². The molecule has 0 saturated carbocycles. The summed E-state index contributed by atoms with van der Waals surface area (Å²) in [4.78, 5) is 26.6. The zero-order valence-corrected chi connectivity index (χ0v) is 15.3. The molecule has 2 aliphatic heterocycles. The third-order valence-corrected chi connectivity index (χ3v) is 5.25. The Morgan fingerprint density at radius 2 is 2.04 bits per heavy atom. The molecule has 2 amide bonds. The zero-order valence-electron chi connectivity index (χ0n) is 13.7. The van der Waals surface area contributed by atoms with Crippen molar-refractivity contribution >= 4 is 27.7 Å². The molecule has 1 aromatic carbocycles. The molecule has 0 aromatic heterocycles. The van der Waals surface area contributed by atoms with E-state index in [9.17, 15) is 9.59 Å². The summed E-state index contributed by atoms with van der Waals surface area (Å²) in [6.07, 6.45) is 3.72. The summed E-state index contributed by atoms with van der Waals surface area (Å²) >= 11 is 3.39. The van der Waals surface area contributed by atoms with Crippen molar-refractivity contribution in [3.05, 3.63) is 34.3 Å². The van der Waals surface area contributed by atoms with Gasteiger partial charge in [-0.1, -0.05) is 22.0 Å². The minimum absolute atomic E-state index is 0.00189. The van der Waals surface area contributed by atoms with Gasteiger partial charge in [0.05, 0.1) is 6.10 Å². The number of hydrogen-bond donors (Lipinski definition) is 1. The summed E-state index contributed by atoms with van der Waals surface area (Å²) < 4.78 is 6.43. The first-order valence-corrected chi connectivity index (χ1v) is 9.37. The van der Waals surface area contributed by atoms with E-state index in [4.69, 9.17) is 4.74 Å². The van der Waals surface area contributed by atoms with Crippen LogP contribution >= 0.6 is 15.9 Å².